The fourth-order valence-electron chi connectivity index (χ4n) is 1.71. The van der Waals surface area contributed by atoms with Crippen LogP contribution in [0.4, 0.5) is 17.6 Å². The first-order chi connectivity index (χ1) is 8.89. The fraction of sp³-hybridized carbons (Fsp3) is 0.250. The summed E-state index contributed by atoms with van der Waals surface area (Å²) in [5, 5.41) is 2.38. The number of hydrogen-bond donors (Lipinski definition) is 1. The Morgan fingerprint density at radius 2 is 2.05 bits per heavy atom. The molecule has 1 aromatic carbocycles. The third-order valence-corrected chi connectivity index (χ3v) is 3.41. The average Bonchev–Trinajstić information content (AvgIpc) is 2.80. The van der Waals surface area contributed by atoms with Crippen molar-refractivity contribution < 1.29 is 17.6 Å². The summed E-state index contributed by atoms with van der Waals surface area (Å²) in [5.41, 5.74) is 4.32. The van der Waals surface area contributed by atoms with Crippen molar-refractivity contribution in [2.75, 3.05) is 0 Å². The smallest absolute Gasteiger partial charge is 0.324 e. The predicted octanol–water partition coefficient (Wildman–Crippen LogP) is 3.54. The molecule has 19 heavy (non-hydrogen) atoms. The number of halogens is 4. The van der Waals surface area contributed by atoms with E-state index < -0.39 is 23.6 Å². The van der Waals surface area contributed by atoms with Crippen LogP contribution < -0.4 is 5.73 Å². The summed E-state index contributed by atoms with van der Waals surface area (Å²) in [6.07, 6.45) is -2.95. The van der Waals surface area contributed by atoms with E-state index >= 15 is 0 Å². The minimum absolute atomic E-state index is 0.148. The van der Waals surface area contributed by atoms with Crippen molar-refractivity contribution in [2.24, 2.45) is 5.73 Å². The molecule has 1 heterocycles. The van der Waals surface area contributed by atoms with Gasteiger partial charge in [0.1, 0.15) is 5.82 Å². The molecule has 0 fully saturated rings. The van der Waals surface area contributed by atoms with Crippen LogP contribution in [-0.2, 0) is 12.6 Å². The van der Waals surface area contributed by atoms with Crippen molar-refractivity contribution in [1.29, 1.82) is 0 Å². The molecular weight excluding hydrogens is 280 g/mol. The quantitative estimate of drug-likeness (QED) is 0.878. The Morgan fingerprint density at radius 3 is 2.63 bits per heavy atom. The number of nitrogens with zero attached hydrogens (tertiary/aromatic N) is 1. The highest BCUT2D eigenvalue weighted by Gasteiger charge is 2.35. The second-order valence-corrected chi connectivity index (χ2v) is 4.92. The summed E-state index contributed by atoms with van der Waals surface area (Å²) in [6.45, 7) is 0. The number of hydrogen-bond acceptors (Lipinski definition) is 3. The molecular formula is C12H10F4N2S. The van der Waals surface area contributed by atoms with E-state index in [-0.39, 0.29) is 12.0 Å². The van der Waals surface area contributed by atoms with E-state index in [0.717, 1.165) is 6.07 Å². The van der Waals surface area contributed by atoms with Gasteiger partial charge in [-0.3, -0.25) is 0 Å². The van der Waals surface area contributed by atoms with Crippen LogP contribution in [0.25, 0.3) is 0 Å². The molecule has 0 amide bonds. The van der Waals surface area contributed by atoms with Crippen LogP contribution in [0.1, 0.15) is 22.2 Å². The number of nitrogens with two attached hydrogens (primary N) is 1. The Bertz CT molecular complexity index is 551. The van der Waals surface area contributed by atoms with E-state index in [1.54, 1.807) is 11.6 Å². The molecule has 0 saturated heterocycles. The molecule has 1 unspecified atom stereocenters. The first-order valence-electron chi connectivity index (χ1n) is 5.39. The molecule has 2 rings (SSSR count). The highest BCUT2D eigenvalue weighted by molar-refractivity contribution is 7.09. The maximum Gasteiger partial charge on any atom is 0.419 e. The number of aromatic nitrogens is 1. The standard InChI is InChI=1S/C12H10F4N2S/c13-11-7(2-1-3-8(11)12(14,15)16)9(17)6-10-18-4-5-19-10/h1-5,9H,6,17H2. The minimum Gasteiger partial charge on any atom is -0.324 e. The Balaban J connectivity index is 2.30. The normalized spacial score (nSPS) is 13.5. The molecule has 2 nitrogen and oxygen atoms in total. The van der Waals surface area contributed by atoms with Gasteiger partial charge in [0.15, 0.2) is 0 Å². The van der Waals surface area contributed by atoms with Gasteiger partial charge >= 0.3 is 6.18 Å². The number of alkyl halides is 3. The van der Waals surface area contributed by atoms with Gasteiger partial charge in [0, 0.05) is 29.6 Å². The first kappa shape index (κ1) is 14.0. The number of thiazole rings is 1. The van der Waals surface area contributed by atoms with Crippen LogP contribution in [0.2, 0.25) is 0 Å². The Labute approximate surface area is 110 Å². The van der Waals surface area contributed by atoms with Gasteiger partial charge in [0.05, 0.1) is 10.6 Å². The van der Waals surface area contributed by atoms with Gasteiger partial charge in [-0.25, -0.2) is 9.37 Å². The minimum atomic E-state index is -4.72. The van der Waals surface area contributed by atoms with Gasteiger partial charge in [-0.05, 0) is 6.07 Å². The SMILES string of the molecule is NC(Cc1nccs1)c1cccc(C(F)(F)F)c1F. The van der Waals surface area contributed by atoms with E-state index in [0.29, 0.717) is 11.1 Å². The van der Waals surface area contributed by atoms with Crippen molar-refractivity contribution in [3.05, 3.63) is 51.7 Å². The van der Waals surface area contributed by atoms with Gasteiger partial charge in [-0.1, -0.05) is 12.1 Å². The third kappa shape index (κ3) is 3.10. The van der Waals surface area contributed by atoms with Gasteiger partial charge in [0.2, 0.25) is 0 Å². The summed E-state index contributed by atoms with van der Waals surface area (Å²) in [6, 6.07) is 2.27. The van der Waals surface area contributed by atoms with E-state index in [4.69, 9.17) is 5.73 Å². The molecule has 0 spiro atoms. The zero-order valence-corrected chi connectivity index (χ0v) is 10.4. The second kappa shape index (κ2) is 5.26. The van der Waals surface area contributed by atoms with Crippen LogP contribution in [-0.4, -0.2) is 4.98 Å². The van der Waals surface area contributed by atoms with Gasteiger partial charge < -0.3 is 5.73 Å². The van der Waals surface area contributed by atoms with Gasteiger partial charge in [-0.2, -0.15) is 13.2 Å². The lowest BCUT2D eigenvalue weighted by Gasteiger charge is -2.15. The molecule has 0 radical (unpaired) electrons. The van der Waals surface area contributed by atoms with Crippen molar-refractivity contribution in [3.63, 3.8) is 0 Å². The summed E-state index contributed by atoms with van der Waals surface area (Å²) in [7, 11) is 0. The molecule has 0 aliphatic heterocycles. The average molecular weight is 290 g/mol. The highest BCUT2D eigenvalue weighted by atomic mass is 32.1. The monoisotopic (exact) mass is 290 g/mol. The van der Waals surface area contributed by atoms with Crippen molar-refractivity contribution in [1.82, 2.24) is 4.98 Å². The molecule has 1 aromatic heterocycles. The van der Waals surface area contributed by atoms with Crippen molar-refractivity contribution in [3.8, 4) is 0 Å². The van der Waals surface area contributed by atoms with Crippen LogP contribution in [0.15, 0.2) is 29.8 Å². The lowest BCUT2D eigenvalue weighted by molar-refractivity contribution is -0.140. The Morgan fingerprint density at radius 1 is 1.32 bits per heavy atom. The molecule has 0 aliphatic rings. The summed E-state index contributed by atoms with van der Waals surface area (Å²) in [5.74, 6) is -1.31. The Kier molecular flexibility index (Phi) is 3.86. The number of benzene rings is 1. The summed E-state index contributed by atoms with van der Waals surface area (Å²) in [4.78, 5) is 3.98. The van der Waals surface area contributed by atoms with E-state index in [2.05, 4.69) is 4.98 Å². The lowest BCUT2D eigenvalue weighted by Crippen LogP contribution is -2.18. The fourth-order valence-corrected chi connectivity index (χ4v) is 2.38. The second-order valence-electron chi connectivity index (χ2n) is 3.94. The largest absolute Gasteiger partial charge is 0.419 e. The van der Waals surface area contributed by atoms with E-state index in [1.807, 2.05) is 0 Å². The first-order valence-corrected chi connectivity index (χ1v) is 6.27. The summed E-state index contributed by atoms with van der Waals surface area (Å²) >= 11 is 1.33. The molecule has 0 aliphatic carbocycles. The van der Waals surface area contributed by atoms with Crippen LogP contribution in [0.5, 0.6) is 0 Å². The molecule has 102 valence electrons. The number of rotatable bonds is 3. The maximum absolute atomic E-state index is 13.8. The molecule has 0 bridgehead atoms. The van der Waals surface area contributed by atoms with Gasteiger partial charge in [0.25, 0.3) is 0 Å². The van der Waals surface area contributed by atoms with E-state index in [1.165, 1.54) is 17.4 Å². The maximum atomic E-state index is 13.8. The van der Waals surface area contributed by atoms with E-state index in [9.17, 15) is 17.6 Å². The zero-order valence-electron chi connectivity index (χ0n) is 9.62. The van der Waals surface area contributed by atoms with Crippen LogP contribution in [0.3, 0.4) is 0 Å². The lowest BCUT2D eigenvalue weighted by atomic mass is 10.0. The molecule has 7 heteroatoms. The van der Waals surface area contributed by atoms with Gasteiger partial charge in [-0.15, -0.1) is 11.3 Å². The third-order valence-electron chi connectivity index (χ3n) is 2.61. The molecule has 1 atom stereocenters. The topological polar surface area (TPSA) is 38.9 Å². The molecule has 0 saturated carbocycles. The molecule has 2 aromatic rings. The molecule has 2 N–H and O–H groups in total. The predicted molar refractivity (Wildman–Crippen MR) is 64.1 cm³/mol. The van der Waals surface area contributed by atoms with Crippen molar-refractivity contribution in [2.45, 2.75) is 18.6 Å². The Hall–Kier alpha value is -1.47. The van der Waals surface area contributed by atoms with Crippen LogP contribution in [0, 0.1) is 5.82 Å². The van der Waals surface area contributed by atoms with Crippen molar-refractivity contribution >= 4 is 11.3 Å². The highest BCUT2D eigenvalue weighted by Crippen LogP contribution is 2.34. The zero-order chi connectivity index (χ0) is 14.0. The summed E-state index contributed by atoms with van der Waals surface area (Å²) < 4.78 is 51.6. The van der Waals surface area contributed by atoms with Crippen LogP contribution >= 0.6 is 11.3 Å².